The maximum Gasteiger partial charge on any atom is 0.222 e. The van der Waals surface area contributed by atoms with Gasteiger partial charge in [-0.25, -0.2) is 0 Å². The molecular weight excluding hydrogens is 282 g/mol. The van der Waals surface area contributed by atoms with Crippen LogP contribution in [0.15, 0.2) is 24.5 Å². The molecule has 6 nitrogen and oxygen atoms in total. The summed E-state index contributed by atoms with van der Waals surface area (Å²) in [7, 11) is 1.55. The molecule has 1 fully saturated rings. The second kappa shape index (κ2) is 7.35. The highest BCUT2D eigenvalue weighted by Crippen LogP contribution is 2.25. The van der Waals surface area contributed by atoms with Gasteiger partial charge in [-0.1, -0.05) is 0 Å². The van der Waals surface area contributed by atoms with E-state index in [2.05, 4.69) is 10.3 Å². The molecule has 1 aromatic heterocycles. The van der Waals surface area contributed by atoms with Crippen molar-refractivity contribution >= 4 is 11.8 Å². The predicted octanol–water partition coefficient (Wildman–Crippen LogP) is 0.504. The van der Waals surface area contributed by atoms with Crippen molar-refractivity contribution in [1.29, 1.82) is 0 Å². The van der Waals surface area contributed by atoms with Gasteiger partial charge >= 0.3 is 0 Å². The summed E-state index contributed by atoms with van der Waals surface area (Å²) in [6.07, 6.45) is 5.79. The van der Waals surface area contributed by atoms with E-state index in [-0.39, 0.29) is 24.8 Å². The molecule has 0 spiro atoms. The number of carbonyl (C=O) groups is 2. The summed E-state index contributed by atoms with van der Waals surface area (Å²) in [6.45, 7) is 0.876. The number of nitrogens with zero attached hydrogens (tertiary/aromatic N) is 2. The first-order valence-corrected chi connectivity index (χ1v) is 7.62. The molecule has 1 atom stereocenters. The molecule has 22 heavy (non-hydrogen) atoms. The van der Waals surface area contributed by atoms with E-state index in [1.807, 2.05) is 12.1 Å². The average molecular weight is 305 g/mol. The van der Waals surface area contributed by atoms with Gasteiger partial charge in [0.25, 0.3) is 0 Å². The van der Waals surface area contributed by atoms with Crippen molar-refractivity contribution in [1.82, 2.24) is 15.2 Å². The number of hydrogen-bond donors (Lipinski definition) is 2. The third-order valence-electron chi connectivity index (χ3n) is 4.05. The molecule has 0 aliphatic carbocycles. The molecule has 2 N–H and O–H groups in total. The van der Waals surface area contributed by atoms with Crippen LogP contribution >= 0.6 is 0 Å². The van der Waals surface area contributed by atoms with E-state index < -0.39 is 5.60 Å². The molecule has 2 rings (SSSR count). The van der Waals surface area contributed by atoms with Crippen molar-refractivity contribution in [3.63, 3.8) is 0 Å². The summed E-state index contributed by atoms with van der Waals surface area (Å²) in [5.74, 6) is -0.180. The number of rotatable bonds is 5. The monoisotopic (exact) mass is 305 g/mol. The van der Waals surface area contributed by atoms with Crippen LogP contribution in [0.3, 0.4) is 0 Å². The number of aliphatic hydroxyl groups is 1. The van der Waals surface area contributed by atoms with E-state index in [1.165, 1.54) is 0 Å². The fourth-order valence-electron chi connectivity index (χ4n) is 2.82. The smallest absolute Gasteiger partial charge is 0.222 e. The minimum Gasteiger partial charge on any atom is -0.388 e. The molecule has 0 radical (unpaired) electrons. The summed E-state index contributed by atoms with van der Waals surface area (Å²) in [5.41, 5.74) is -0.0361. The fourth-order valence-corrected chi connectivity index (χ4v) is 2.82. The molecule has 120 valence electrons. The largest absolute Gasteiger partial charge is 0.388 e. The highest BCUT2D eigenvalue weighted by molar-refractivity contribution is 5.78. The Labute approximate surface area is 130 Å². The minimum absolute atomic E-state index is 0.0202. The lowest BCUT2D eigenvalue weighted by Crippen LogP contribution is -2.52. The van der Waals surface area contributed by atoms with E-state index in [9.17, 15) is 14.7 Å². The third kappa shape index (κ3) is 4.53. The number of piperidine rings is 1. The number of aryl methyl sites for hydroxylation is 1. The summed E-state index contributed by atoms with van der Waals surface area (Å²) in [5, 5.41) is 13.0. The molecule has 6 heteroatoms. The Balaban J connectivity index is 1.88. The number of hydrogen-bond acceptors (Lipinski definition) is 4. The van der Waals surface area contributed by atoms with Gasteiger partial charge in [-0.05, 0) is 37.0 Å². The lowest BCUT2D eigenvalue weighted by molar-refractivity contribution is -0.142. The Morgan fingerprint density at radius 2 is 2.14 bits per heavy atom. The number of aromatic nitrogens is 1. The first kappa shape index (κ1) is 16.4. The average Bonchev–Trinajstić information content (AvgIpc) is 2.53. The zero-order valence-electron chi connectivity index (χ0n) is 12.9. The number of amides is 2. The first-order chi connectivity index (χ1) is 10.5. The SMILES string of the molecule is CNC(=O)CC1(O)CCCN(C(=O)CCc2ccncc2)C1. The van der Waals surface area contributed by atoms with Crippen LogP contribution < -0.4 is 5.32 Å². The second-order valence-corrected chi connectivity index (χ2v) is 5.85. The Morgan fingerprint density at radius 1 is 1.41 bits per heavy atom. The van der Waals surface area contributed by atoms with Crippen LogP contribution in [0.25, 0.3) is 0 Å². The molecule has 1 unspecified atom stereocenters. The molecule has 1 aliphatic heterocycles. The standard InChI is InChI=1S/C16H23N3O3/c1-17-14(20)11-16(22)7-2-10-19(12-16)15(21)4-3-13-5-8-18-9-6-13/h5-6,8-9,22H,2-4,7,10-12H2,1H3,(H,17,20). The number of carbonyl (C=O) groups excluding carboxylic acids is 2. The third-order valence-corrected chi connectivity index (χ3v) is 4.05. The van der Waals surface area contributed by atoms with Gasteiger partial charge in [0.15, 0.2) is 0 Å². The van der Waals surface area contributed by atoms with Gasteiger partial charge in [-0.3, -0.25) is 14.6 Å². The van der Waals surface area contributed by atoms with Crippen LogP contribution in [0, 0.1) is 0 Å². The number of pyridine rings is 1. The van der Waals surface area contributed by atoms with Gasteiger partial charge in [0.2, 0.25) is 11.8 Å². The summed E-state index contributed by atoms with van der Waals surface area (Å²) in [4.78, 5) is 29.4. The van der Waals surface area contributed by atoms with Crippen molar-refractivity contribution < 1.29 is 14.7 Å². The van der Waals surface area contributed by atoms with Gasteiger partial charge < -0.3 is 15.3 Å². The second-order valence-electron chi connectivity index (χ2n) is 5.85. The van der Waals surface area contributed by atoms with Crippen LogP contribution in [0.1, 0.15) is 31.2 Å². The minimum atomic E-state index is -1.11. The topological polar surface area (TPSA) is 82.5 Å². The number of nitrogens with one attached hydrogen (secondary N) is 1. The van der Waals surface area contributed by atoms with Crippen LogP contribution in [-0.4, -0.2) is 52.5 Å². The fraction of sp³-hybridized carbons (Fsp3) is 0.562. The maximum absolute atomic E-state index is 12.3. The van der Waals surface area contributed by atoms with Gasteiger partial charge in [0.1, 0.15) is 0 Å². The van der Waals surface area contributed by atoms with Crippen LogP contribution in [0.5, 0.6) is 0 Å². The maximum atomic E-state index is 12.3. The van der Waals surface area contributed by atoms with Crippen molar-refractivity contribution in [3.8, 4) is 0 Å². The van der Waals surface area contributed by atoms with Gasteiger partial charge in [-0.2, -0.15) is 0 Å². The Bertz CT molecular complexity index is 521. The van der Waals surface area contributed by atoms with E-state index in [0.29, 0.717) is 32.2 Å². The van der Waals surface area contributed by atoms with E-state index in [4.69, 9.17) is 0 Å². The number of β-amino-alcohol motifs (C(OH)–C–C–N with tert-alkyl or cyclic N) is 1. The Hall–Kier alpha value is -1.95. The molecular formula is C16H23N3O3. The van der Waals surface area contributed by atoms with Crippen LogP contribution in [-0.2, 0) is 16.0 Å². The first-order valence-electron chi connectivity index (χ1n) is 7.62. The zero-order chi connectivity index (χ0) is 16.0. The predicted molar refractivity (Wildman–Crippen MR) is 82.0 cm³/mol. The molecule has 1 aromatic rings. The quantitative estimate of drug-likeness (QED) is 0.830. The Morgan fingerprint density at radius 3 is 2.82 bits per heavy atom. The molecule has 0 saturated carbocycles. The lowest BCUT2D eigenvalue weighted by atomic mass is 9.89. The number of likely N-dealkylation sites (tertiary alicyclic amines) is 1. The van der Waals surface area contributed by atoms with Gasteiger partial charge in [0.05, 0.1) is 12.0 Å². The highest BCUT2D eigenvalue weighted by atomic mass is 16.3. The van der Waals surface area contributed by atoms with Crippen molar-refractivity contribution in [2.24, 2.45) is 0 Å². The molecule has 2 heterocycles. The van der Waals surface area contributed by atoms with E-state index in [0.717, 1.165) is 5.56 Å². The van der Waals surface area contributed by atoms with Crippen molar-refractivity contribution in [2.75, 3.05) is 20.1 Å². The summed E-state index contributed by atoms with van der Waals surface area (Å²) in [6, 6.07) is 3.79. The van der Waals surface area contributed by atoms with E-state index in [1.54, 1.807) is 24.3 Å². The van der Waals surface area contributed by atoms with Gasteiger partial charge in [-0.15, -0.1) is 0 Å². The highest BCUT2D eigenvalue weighted by Gasteiger charge is 2.36. The Kier molecular flexibility index (Phi) is 5.49. The van der Waals surface area contributed by atoms with Crippen molar-refractivity contribution in [2.45, 2.75) is 37.7 Å². The van der Waals surface area contributed by atoms with Crippen molar-refractivity contribution in [3.05, 3.63) is 30.1 Å². The molecule has 1 saturated heterocycles. The van der Waals surface area contributed by atoms with Crippen LogP contribution in [0.4, 0.5) is 0 Å². The van der Waals surface area contributed by atoms with E-state index >= 15 is 0 Å². The molecule has 0 aromatic carbocycles. The lowest BCUT2D eigenvalue weighted by Gasteiger charge is -2.39. The summed E-state index contributed by atoms with van der Waals surface area (Å²) < 4.78 is 0. The molecule has 2 amide bonds. The van der Waals surface area contributed by atoms with Crippen LogP contribution in [0.2, 0.25) is 0 Å². The molecule has 0 bridgehead atoms. The molecule has 1 aliphatic rings. The summed E-state index contributed by atoms with van der Waals surface area (Å²) >= 11 is 0. The normalized spacial score (nSPS) is 21.5. The zero-order valence-corrected chi connectivity index (χ0v) is 12.9. The van der Waals surface area contributed by atoms with Gasteiger partial charge in [0, 0.05) is 39.0 Å².